The summed E-state index contributed by atoms with van der Waals surface area (Å²) < 4.78 is 5.10. The van der Waals surface area contributed by atoms with Crippen LogP contribution in [0.15, 0.2) is 66.2 Å². The van der Waals surface area contributed by atoms with Gasteiger partial charge in [-0.1, -0.05) is 48.5 Å². The third kappa shape index (κ3) is 4.46. The Morgan fingerprint density at radius 2 is 1.62 bits per heavy atom. The van der Waals surface area contributed by atoms with Crippen molar-refractivity contribution < 1.29 is 9.53 Å². The van der Waals surface area contributed by atoms with E-state index in [4.69, 9.17) is 4.74 Å². The molecule has 0 amide bonds. The Labute approximate surface area is 125 Å². The minimum absolute atomic E-state index is 0.00895. The van der Waals surface area contributed by atoms with Crippen LogP contribution < -0.4 is 4.74 Å². The number of hydrogen-bond acceptors (Lipinski definition) is 2. The molecule has 2 heteroatoms. The van der Waals surface area contributed by atoms with Gasteiger partial charge in [0, 0.05) is 0 Å². The number of allylic oxidation sites excluding steroid dienone is 2. The molecule has 21 heavy (non-hydrogen) atoms. The zero-order valence-corrected chi connectivity index (χ0v) is 12.2. The van der Waals surface area contributed by atoms with Gasteiger partial charge in [0.15, 0.2) is 5.78 Å². The zero-order valence-electron chi connectivity index (χ0n) is 12.2. The number of ether oxygens (including phenoxy) is 1. The number of ketones is 1. The van der Waals surface area contributed by atoms with Crippen molar-refractivity contribution in [3.63, 3.8) is 0 Å². The molecule has 2 aromatic rings. The highest BCUT2D eigenvalue weighted by atomic mass is 16.5. The maximum Gasteiger partial charge on any atom is 0.181 e. The fourth-order valence-electron chi connectivity index (χ4n) is 1.89. The molecule has 2 nitrogen and oxygen atoms in total. The Balaban J connectivity index is 2.06. The van der Waals surface area contributed by atoms with Crippen molar-refractivity contribution in [3.05, 3.63) is 77.4 Å². The number of methoxy groups -OCH3 is 1. The molecule has 0 spiro atoms. The normalized spacial score (nSPS) is 11.6. The lowest BCUT2D eigenvalue weighted by Crippen LogP contribution is -1.93. The second-order valence-corrected chi connectivity index (χ2v) is 4.71. The molecule has 0 bridgehead atoms. The Kier molecular flexibility index (Phi) is 5.10. The minimum atomic E-state index is 0.00895. The molecular formula is C19H18O2. The summed E-state index contributed by atoms with van der Waals surface area (Å²) >= 11 is 0. The first-order chi connectivity index (χ1) is 10.2. The predicted octanol–water partition coefficient (Wildman–Crippen LogP) is 4.38. The number of rotatable bonds is 5. The molecule has 106 valence electrons. The summed E-state index contributed by atoms with van der Waals surface area (Å²) in [5.41, 5.74) is 2.71. The lowest BCUT2D eigenvalue weighted by molar-refractivity contribution is -0.111. The van der Waals surface area contributed by atoms with E-state index < -0.39 is 0 Å². The highest BCUT2D eigenvalue weighted by Crippen LogP contribution is 2.13. The highest BCUT2D eigenvalue weighted by Gasteiger charge is 2.00. The fraction of sp³-hybridized carbons (Fsp3) is 0.105. The molecule has 0 heterocycles. The zero-order chi connectivity index (χ0) is 15.1. The van der Waals surface area contributed by atoms with Crippen LogP contribution >= 0.6 is 0 Å². The van der Waals surface area contributed by atoms with Crippen molar-refractivity contribution in [1.29, 1.82) is 0 Å². The average molecular weight is 278 g/mol. The largest absolute Gasteiger partial charge is 0.497 e. The molecule has 0 saturated heterocycles. The van der Waals surface area contributed by atoms with Gasteiger partial charge in [-0.25, -0.2) is 0 Å². The quantitative estimate of drug-likeness (QED) is 0.759. The molecule has 2 aromatic carbocycles. The first kappa shape index (κ1) is 14.8. The van der Waals surface area contributed by atoms with Crippen molar-refractivity contribution in [2.24, 2.45) is 0 Å². The third-order valence-corrected chi connectivity index (χ3v) is 3.11. The number of carbonyl (C=O) groups excluding carboxylic acids is 1. The van der Waals surface area contributed by atoms with Gasteiger partial charge >= 0.3 is 0 Å². The summed E-state index contributed by atoms with van der Waals surface area (Å²) in [5.74, 6) is 0.813. The number of hydrogen-bond donors (Lipinski definition) is 0. The van der Waals surface area contributed by atoms with Gasteiger partial charge in [0.25, 0.3) is 0 Å². The maximum atomic E-state index is 12.1. The van der Waals surface area contributed by atoms with Gasteiger partial charge in [-0.15, -0.1) is 0 Å². The molecular weight excluding hydrogens is 260 g/mol. The first-order valence-electron chi connectivity index (χ1n) is 6.79. The molecule has 0 unspecified atom stereocenters. The molecule has 0 aromatic heterocycles. The minimum Gasteiger partial charge on any atom is -0.497 e. The van der Waals surface area contributed by atoms with Gasteiger partial charge in [-0.2, -0.15) is 0 Å². The van der Waals surface area contributed by atoms with Crippen LogP contribution in [0.4, 0.5) is 0 Å². The summed E-state index contributed by atoms with van der Waals surface area (Å²) in [4.78, 5) is 12.1. The Morgan fingerprint density at radius 3 is 2.24 bits per heavy atom. The Morgan fingerprint density at radius 1 is 0.952 bits per heavy atom. The van der Waals surface area contributed by atoms with E-state index in [1.54, 1.807) is 13.2 Å². The van der Waals surface area contributed by atoms with Crippen LogP contribution in [0.3, 0.4) is 0 Å². The second-order valence-electron chi connectivity index (χ2n) is 4.71. The van der Waals surface area contributed by atoms with E-state index in [-0.39, 0.29) is 5.78 Å². The smallest absolute Gasteiger partial charge is 0.181 e. The molecule has 0 fully saturated rings. The van der Waals surface area contributed by atoms with Crippen LogP contribution in [0.1, 0.15) is 18.1 Å². The Hall–Kier alpha value is -2.61. The van der Waals surface area contributed by atoms with Crippen LogP contribution in [-0.4, -0.2) is 12.9 Å². The van der Waals surface area contributed by atoms with Crippen molar-refractivity contribution in [2.75, 3.05) is 7.11 Å². The van der Waals surface area contributed by atoms with Crippen LogP contribution in [0.25, 0.3) is 12.2 Å². The van der Waals surface area contributed by atoms with E-state index in [9.17, 15) is 4.79 Å². The van der Waals surface area contributed by atoms with Crippen molar-refractivity contribution in [1.82, 2.24) is 0 Å². The second kappa shape index (κ2) is 7.25. The van der Waals surface area contributed by atoms with Crippen LogP contribution in [-0.2, 0) is 4.79 Å². The van der Waals surface area contributed by atoms with Gasteiger partial charge < -0.3 is 4.74 Å². The fourth-order valence-corrected chi connectivity index (χ4v) is 1.89. The third-order valence-electron chi connectivity index (χ3n) is 3.11. The van der Waals surface area contributed by atoms with Gasteiger partial charge in [-0.05, 0) is 47.9 Å². The summed E-state index contributed by atoms with van der Waals surface area (Å²) in [6, 6.07) is 17.4. The molecule has 2 rings (SSSR count). The van der Waals surface area contributed by atoms with E-state index in [1.165, 1.54) is 0 Å². The van der Waals surface area contributed by atoms with Gasteiger partial charge in [0.05, 0.1) is 7.11 Å². The van der Waals surface area contributed by atoms with Gasteiger partial charge in [0.2, 0.25) is 0 Å². The van der Waals surface area contributed by atoms with Crippen molar-refractivity contribution >= 4 is 17.9 Å². The molecule has 0 radical (unpaired) electrons. The Bertz CT molecular complexity index is 650. The standard InChI is InChI=1S/C19H18O2/c1-15(14-17-6-4-3-5-7-17)19(20)13-10-16-8-11-18(21-2)12-9-16/h3-14H,1-2H3/b13-10+,15-14+. The lowest BCUT2D eigenvalue weighted by Gasteiger charge is -1.99. The van der Waals surface area contributed by atoms with Crippen molar-refractivity contribution in [3.8, 4) is 5.75 Å². The molecule has 0 saturated carbocycles. The van der Waals surface area contributed by atoms with Crippen LogP contribution in [0.2, 0.25) is 0 Å². The topological polar surface area (TPSA) is 26.3 Å². The summed E-state index contributed by atoms with van der Waals surface area (Å²) in [6.07, 6.45) is 5.29. The summed E-state index contributed by atoms with van der Waals surface area (Å²) in [5, 5.41) is 0. The predicted molar refractivity (Wildman–Crippen MR) is 87.1 cm³/mol. The molecule has 0 aliphatic rings. The monoisotopic (exact) mass is 278 g/mol. The van der Waals surface area contributed by atoms with Gasteiger partial charge in [-0.3, -0.25) is 4.79 Å². The molecule has 0 aliphatic heterocycles. The van der Waals surface area contributed by atoms with Crippen LogP contribution in [0, 0.1) is 0 Å². The molecule has 0 N–H and O–H groups in total. The average Bonchev–Trinajstić information content (AvgIpc) is 2.54. The van der Waals surface area contributed by atoms with Crippen molar-refractivity contribution in [2.45, 2.75) is 6.92 Å². The maximum absolute atomic E-state index is 12.1. The number of benzene rings is 2. The first-order valence-corrected chi connectivity index (χ1v) is 6.79. The SMILES string of the molecule is COc1ccc(/C=C/C(=O)/C(C)=C/c2ccccc2)cc1. The van der Waals surface area contributed by atoms with E-state index in [1.807, 2.05) is 73.7 Å². The van der Waals surface area contributed by atoms with Gasteiger partial charge in [0.1, 0.15) is 5.75 Å². The lowest BCUT2D eigenvalue weighted by atomic mass is 10.1. The van der Waals surface area contributed by atoms with E-state index >= 15 is 0 Å². The number of carbonyl (C=O) groups is 1. The summed E-state index contributed by atoms with van der Waals surface area (Å²) in [7, 11) is 1.63. The highest BCUT2D eigenvalue weighted by molar-refractivity contribution is 6.08. The van der Waals surface area contributed by atoms with E-state index in [2.05, 4.69) is 0 Å². The van der Waals surface area contributed by atoms with E-state index in [0.717, 1.165) is 16.9 Å². The van der Waals surface area contributed by atoms with E-state index in [0.29, 0.717) is 5.57 Å². The van der Waals surface area contributed by atoms with Crippen LogP contribution in [0.5, 0.6) is 5.75 Å². The molecule has 0 aliphatic carbocycles. The molecule has 0 atom stereocenters. The summed E-state index contributed by atoms with van der Waals surface area (Å²) in [6.45, 7) is 1.83.